The van der Waals surface area contributed by atoms with Crippen molar-refractivity contribution in [1.29, 1.82) is 0 Å². The number of hydrogen-bond donors (Lipinski definition) is 1. The number of nitrogens with two attached hydrogens (primary N) is 1. The molecular formula is C15H16Cl3F3N4O2S2. The van der Waals surface area contributed by atoms with Gasteiger partial charge in [0.05, 0.1) is 22.9 Å². The van der Waals surface area contributed by atoms with Gasteiger partial charge in [-0.15, -0.1) is 48.6 Å². The van der Waals surface area contributed by atoms with Crippen LogP contribution in [0.3, 0.4) is 0 Å². The van der Waals surface area contributed by atoms with Gasteiger partial charge in [-0.05, 0) is 23.8 Å². The number of sulfone groups is 1. The lowest BCUT2D eigenvalue weighted by Crippen LogP contribution is -2.08. The maximum Gasteiger partial charge on any atom is 0.416 e. The number of alkyl halides is 3. The predicted molar refractivity (Wildman–Crippen MR) is 111 cm³/mol. The summed E-state index contributed by atoms with van der Waals surface area (Å²) < 4.78 is 66.6. The van der Waals surface area contributed by atoms with Gasteiger partial charge in [-0.25, -0.2) is 13.4 Å². The van der Waals surface area contributed by atoms with E-state index in [1.54, 1.807) is 7.05 Å². The second kappa shape index (κ2) is 10.1. The molecule has 14 heteroatoms. The number of thiazole rings is 1. The molecule has 0 aliphatic carbocycles. The topological polar surface area (TPSA) is 90.9 Å². The van der Waals surface area contributed by atoms with E-state index < -0.39 is 26.5 Å². The molecule has 3 aromatic rings. The van der Waals surface area contributed by atoms with Crippen molar-refractivity contribution >= 4 is 58.4 Å². The highest BCUT2D eigenvalue weighted by atomic mass is 35.5. The van der Waals surface area contributed by atoms with Crippen LogP contribution in [0.4, 0.5) is 13.2 Å². The molecule has 0 saturated carbocycles. The van der Waals surface area contributed by atoms with Gasteiger partial charge in [0.15, 0.2) is 0 Å². The van der Waals surface area contributed by atoms with Crippen molar-refractivity contribution in [3.05, 3.63) is 47.4 Å². The third kappa shape index (κ3) is 5.83. The van der Waals surface area contributed by atoms with Crippen molar-refractivity contribution in [3.8, 4) is 11.1 Å². The van der Waals surface area contributed by atoms with E-state index in [4.69, 9.17) is 5.73 Å². The lowest BCUT2D eigenvalue weighted by atomic mass is 10.1. The van der Waals surface area contributed by atoms with Crippen LogP contribution >= 0.6 is 48.6 Å². The Morgan fingerprint density at radius 2 is 1.76 bits per heavy atom. The first kappa shape index (κ1) is 27.6. The van der Waals surface area contributed by atoms with Crippen molar-refractivity contribution in [3.63, 3.8) is 0 Å². The molecule has 2 aromatic heterocycles. The minimum absolute atomic E-state index is 0. The summed E-state index contributed by atoms with van der Waals surface area (Å²) in [4.78, 5) is 3.40. The molecule has 1 aromatic carbocycles. The van der Waals surface area contributed by atoms with E-state index in [1.165, 1.54) is 23.1 Å². The number of nitrogens with zero attached hydrogens (tertiary/aromatic N) is 3. The van der Waals surface area contributed by atoms with Crippen molar-refractivity contribution in [1.82, 2.24) is 14.8 Å². The molecule has 29 heavy (non-hydrogen) atoms. The monoisotopic (exact) mass is 510 g/mol. The fourth-order valence-electron chi connectivity index (χ4n) is 2.28. The Bertz CT molecular complexity index is 1070. The Morgan fingerprint density at radius 3 is 2.24 bits per heavy atom. The molecule has 0 unspecified atom stereocenters. The Hall–Kier alpha value is -1.37. The Balaban J connectivity index is 0.00000261. The summed E-state index contributed by atoms with van der Waals surface area (Å²) in [7, 11) is -2.55. The average molecular weight is 512 g/mol. The van der Waals surface area contributed by atoms with Crippen LogP contribution in [0.2, 0.25) is 0 Å². The summed E-state index contributed by atoms with van der Waals surface area (Å²) in [5.41, 5.74) is 4.85. The quantitative estimate of drug-likeness (QED) is 0.569. The van der Waals surface area contributed by atoms with Gasteiger partial charge in [-0.2, -0.15) is 18.3 Å². The number of aryl methyl sites for hydroxylation is 1. The van der Waals surface area contributed by atoms with Crippen molar-refractivity contribution < 1.29 is 21.6 Å². The summed E-state index contributed by atoms with van der Waals surface area (Å²) >= 11 is 0.832. The fourth-order valence-corrected chi connectivity index (χ4v) is 4.81. The number of aromatic nitrogens is 3. The van der Waals surface area contributed by atoms with Gasteiger partial charge in [-0.3, -0.25) is 4.68 Å². The highest BCUT2D eigenvalue weighted by molar-refractivity contribution is 7.93. The molecule has 0 atom stereocenters. The van der Waals surface area contributed by atoms with Crippen LogP contribution in [0, 0.1) is 0 Å². The third-order valence-corrected chi connectivity index (χ3v) is 6.77. The van der Waals surface area contributed by atoms with Crippen LogP contribution < -0.4 is 5.73 Å². The zero-order valence-corrected chi connectivity index (χ0v) is 18.7. The van der Waals surface area contributed by atoms with E-state index in [0.717, 1.165) is 23.6 Å². The molecule has 3 rings (SSSR count). The molecule has 0 radical (unpaired) electrons. The van der Waals surface area contributed by atoms with E-state index >= 15 is 0 Å². The van der Waals surface area contributed by atoms with Gasteiger partial charge in [0.1, 0.15) is 9.22 Å². The molecule has 6 nitrogen and oxygen atoms in total. The fraction of sp³-hybridized carbons (Fsp3) is 0.200. The highest BCUT2D eigenvalue weighted by Crippen LogP contribution is 2.36. The average Bonchev–Trinajstić information content (AvgIpc) is 3.22. The number of halogens is 6. The van der Waals surface area contributed by atoms with Crippen LogP contribution in [-0.2, 0) is 29.6 Å². The predicted octanol–water partition coefficient (Wildman–Crippen LogP) is 4.12. The first-order valence-corrected chi connectivity index (χ1v) is 9.52. The standard InChI is InChI=1S/C15H13F3N4O2S2.3ClH/c1-22-8-10(6-21-22)9-2-11(15(16,17)18)4-12(3-9)26(23,24)14-7-20-13(5-19)25-14;;;/h2-4,6-8H,5,19H2,1H3;3*1H. The summed E-state index contributed by atoms with van der Waals surface area (Å²) in [6.07, 6.45) is -0.721. The Morgan fingerprint density at radius 1 is 1.10 bits per heavy atom. The van der Waals surface area contributed by atoms with Gasteiger partial charge < -0.3 is 5.73 Å². The van der Waals surface area contributed by atoms with E-state index in [-0.39, 0.29) is 53.5 Å². The molecular weight excluding hydrogens is 496 g/mol. The first-order valence-electron chi connectivity index (χ1n) is 7.22. The van der Waals surface area contributed by atoms with Crippen LogP contribution in [0.1, 0.15) is 10.6 Å². The molecule has 0 aliphatic rings. The summed E-state index contributed by atoms with van der Waals surface area (Å²) in [6.45, 7) is 0.0453. The number of hydrogen-bond acceptors (Lipinski definition) is 6. The summed E-state index contributed by atoms with van der Waals surface area (Å²) in [5, 5.41) is 4.29. The number of rotatable bonds is 4. The number of benzene rings is 1. The SMILES string of the molecule is Cl.Cl.Cl.Cn1cc(-c2cc(C(F)(F)F)cc(S(=O)(=O)c3cnc(CN)s3)c2)cn1. The lowest BCUT2D eigenvalue weighted by Gasteiger charge is -2.11. The smallest absolute Gasteiger partial charge is 0.325 e. The van der Waals surface area contributed by atoms with E-state index in [9.17, 15) is 21.6 Å². The molecule has 0 spiro atoms. The molecule has 2 N–H and O–H groups in total. The van der Waals surface area contributed by atoms with Gasteiger partial charge in [0.25, 0.3) is 0 Å². The highest BCUT2D eigenvalue weighted by Gasteiger charge is 2.33. The molecule has 0 amide bonds. The maximum atomic E-state index is 13.3. The summed E-state index contributed by atoms with van der Waals surface area (Å²) in [6, 6.07) is 2.72. The minimum Gasteiger partial charge on any atom is -0.325 e. The Labute approximate surface area is 187 Å². The molecule has 0 fully saturated rings. The second-order valence-corrected chi connectivity index (χ2v) is 8.72. The third-order valence-electron chi connectivity index (χ3n) is 3.55. The zero-order valence-electron chi connectivity index (χ0n) is 14.6. The van der Waals surface area contributed by atoms with Crippen LogP contribution in [0.25, 0.3) is 11.1 Å². The van der Waals surface area contributed by atoms with Crippen molar-refractivity contribution in [2.45, 2.75) is 21.8 Å². The summed E-state index contributed by atoms with van der Waals surface area (Å²) in [5.74, 6) is 0. The first-order chi connectivity index (χ1) is 12.1. The van der Waals surface area contributed by atoms with Gasteiger partial charge in [-0.1, -0.05) is 0 Å². The molecule has 162 valence electrons. The maximum absolute atomic E-state index is 13.3. The lowest BCUT2D eigenvalue weighted by molar-refractivity contribution is -0.137. The van der Waals surface area contributed by atoms with E-state index in [2.05, 4.69) is 10.1 Å². The van der Waals surface area contributed by atoms with Crippen LogP contribution in [0.15, 0.2) is 45.9 Å². The van der Waals surface area contributed by atoms with E-state index in [1.807, 2.05) is 0 Å². The van der Waals surface area contributed by atoms with Crippen LogP contribution in [0.5, 0.6) is 0 Å². The minimum atomic E-state index is -4.70. The molecule has 0 bridgehead atoms. The molecule has 2 heterocycles. The second-order valence-electron chi connectivity index (χ2n) is 5.43. The Kier molecular flexibility index (Phi) is 9.62. The normalized spacial score (nSPS) is 11.2. The van der Waals surface area contributed by atoms with Gasteiger partial charge in [0, 0.05) is 25.4 Å². The zero-order chi connectivity index (χ0) is 19.1. The largest absolute Gasteiger partial charge is 0.416 e. The van der Waals surface area contributed by atoms with Gasteiger partial charge >= 0.3 is 6.18 Å². The van der Waals surface area contributed by atoms with Crippen molar-refractivity contribution in [2.75, 3.05) is 0 Å². The molecule has 0 saturated heterocycles. The van der Waals surface area contributed by atoms with Crippen LogP contribution in [-0.4, -0.2) is 23.2 Å². The molecule has 0 aliphatic heterocycles. The van der Waals surface area contributed by atoms with E-state index in [0.29, 0.717) is 16.6 Å². The van der Waals surface area contributed by atoms with Gasteiger partial charge in [0.2, 0.25) is 9.84 Å². The van der Waals surface area contributed by atoms with Crippen molar-refractivity contribution in [2.24, 2.45) is 12.8 Å².